The molecule has 1 heterocycles. The van der Waals surface area contributed by atoms with Gasteiger partial charge in [-0.25, -0.2) is 0 Å². The van der Waals surface area contributed by atoms with Crippen molar-refractivity contribution in [1.29, 1.82) is 0 Å². The number of amides is 1. The second kappa shape index (κ2) is 5.72. The summed E-state index contributed by atoms with van der Waals surface area (Å²) in [5, 5.41) is 0. The molecular formula is C18H19NO3. The molecule has 0 radical (unpaired) electrons. The third-order valence-electron chi connectivity index (χ3n) is 4.01. The Hall–Kier alpha value is -2.49. The molecule has 0 N–H and O–H groups in total. The van der Waals surface area contributed by atoms with Gasteiger partial charge in [-0.05, 0) is 43.2 Å². The molecule has 0 saturated carbocycles. The summed E-state index contributed by atoms with van der Waals surface area (Å²) in [5.41, 5.74) is 4.06. The Morgan fingerprint density at radius 3 is 2.55 bits per heavy atom. The highest BCUT2D eigenvalue weighted by molar-refractivity contribution is 6.07. The Morgan fingerprint density at radius 1 is 1.05 bits per heavy atom. The van der Waals surface area contributed by atoms with Crippen LogP contribution < -0.4 is 14.4 Å². The summed E-state index contributed by atoms with van der Waals surface area (Å²) in [6.07, 6.45) is 0.899. The zero-order valence-corrected chi connectivity index (χ0v) is 13.1. The summed E-state index contributed by atoms with van der Waals surface area (Å²) in [6, 6.07) is 11.5. The van der Waals surface area contributed by atoms with Crippen molar-refractivity contribution in [3.8, 4) is 11.5 Å². The average Bonchev–Trinajstić information content (AvgIpc) is 2.96. The van der Waals surface area contributed by atoms with Crippen molar-refractivity contribution in [2.24, 2.45) is 0 Å². The molecule has 0 atom stereocenters. The van der Waals surface area contributed by atoms with Crippen LogP contribution in [-0.4, -0.2) is 26.7 Å². The van der Waals surface area contributed by atoms with Gasteiger partial charge in [0.25, 0.3) is 5.91 Å². The van der Waals surface area contributed by atoms with E-state index in [1.54, 1.807) is 32.4 Å². The Morgan fingerprint density at radius 2 is 1.82 bits per heavy atom. The number of methoxy groups -OCH3 is 2. The highest BCUT2D eigenvalue weighted by atomic mass is 16.5. The molecule has 1 aliphatic heterocycles. The molecule has 1 amide bonds. The highest BCUT2D eigenvalue weighted by Gasteiger charge is 2.26. The number of carbonyl (C=O) groups excluding carboxylic acids is 1. The maximum Gasteiger partial charge on any atom is 0.258 e. The van der Waals surface area contributed by atoms with Crippen LogP contribution in [0.15, 0.2) is 36.4 Å². The van der Waals surface area contributed by atoms with Crippen LogP contribution >= 0.6 is 0 Å². The summed E-state index contributed by atoms with van der Waals surface area (Å²) in [5.74, 6) is 1.18. The molecule has 4 nitrogen and oxygen atoms in total. The van der Waals surface area contributed by atoms with E-state index in [1.165, 1.54) is 11.1 Å². The number of carbonyl (C=O) groups is 1. The van der Waals surface area contributed by atoms with Crippen molar-refractivity contribution < 1.29 is 14.3 Å². The van der Waals surface area contributed by atoms with Crippen molar-refractivity contribution >= 4 is 11.6 Å². The summed E-state index contributed by atoms with van der Waals surface area (Å²) in [7, 11) is 3.15. The lowest BCUT2D eigenvalue weighted by molar-refractivity contribution is 0.0989. The van der Waals surface area contributed by atoms with E-state index in [0.29, 0.717) is 23.6 Å². The first-order valence-electron chi connectivity index (χ1n) is 7.27. The number of nitrogens with zero attached hydrogens (tertiary/aromatic N) is 1. The molecule has 2 aromatic carbocycles. The second-order valence-corrected chi connectivity index (χ2v) is 5.41. The third kappa shape index (κ3) is 2.41. The van der Waals surface area contributed by atoms with Gasteiger partial charge in [0, 0.05) is 17.8 Å². The predicted octanol–water partition coefficient (Wildman–Crippen LogP) is 3.22. The summed E-state index contributed by atoms with van der Waals surface area (Å²) in [6.45, 7) is 2.78. The molecule has 2 aromatic rings. The van der Waals surface area contributed by atoms with E-state index in [2.05, 4.69) is 13.0 Å². The third-order valence-corrected chi connectivity index (χ3v) is 4.01. The SMILES string of the molecule is COc1ccc(C(=O)N2CCc3cc(C)ccc32)cc1OC. The lowest BCUT2D eigenvalue weighted by Crippen LogP contribution is -2.28. The number of ether oxygens (including phenoxy) is 2. The first kappa shape index (κ1) is 14.4. The Bertz CT molecular complexity index is 724. The van der Waals surface area contributed by atoms with E-state index in [1.807, 2.05) is 17.0 Å². The summed E-state index contributed by atoms with van der Waals surface area (Å²) >= 11 is 0. The fourth-order valence-electron chi connectivity index (χ4n) is 2.87. The molecule has 0 spiro atoms. The molecule has 1 aliphatic rings. The lowest BCUT2D eigenvalue weighted by Gasteiger charge is -2.18. The van der Waals surface area contributed by atoms with Crippen molar-refractivity contribution in [3.63, 3.8) is 0 Å². The van der Waals surface area contributed by atoms with Gasteiger partial charge in [-0.2, -0.15) is 0 Å². The van der Waals surface area contributed by atoms with Crippen LogP contribution in [0.2, 0.25) is 0 Å². The van der Waals surface area contributed by atoms with E-state index in [4.69, 9.17) is 9.47 Å². The number of fused-ring (bicyclic) bond motifs is 1. The van der Waals surface area contributed by atoms with Gasteiger partial charge in [0.15, 0.2) is 11.5 Å². The van der Waals surface area contributed by atoms with Crippen LogP contribution in [0, 0.1) is 6.92 Å². The number of hydrogen-bond donors (Lipinski definition) is 0. The summed E-state index contributed by atoms with van der Waals surface area (Å²) < 4.78 is 10.5. The minimum absolute atomic E-state index is 0.0106. The lowest BCUT2D eigenvalue weighted by atomic mass is 10.1. The Kier molecular flexibility index (Phi) is 3.75. The largest absolute Gasteiger partial charge is 0.493 e. The van der Waals surface area contributed by atoms with Crippen LogP contribution in [0.1, 0.15) is 21.5 Å². The molecule has 3 rings (SSSR count). The molecule has 22 heavy (non-hydrogen) atoms. The van der Waals surface area contributed by atoms with E-state index in [0.717, 1.165) is 12.1 Å². The first-order chi connectivity index (χ1) is 10.6. The van der Waals surface area contributed by atoms with Gasteiger partial charge in [0.05, 0.1) is 14.2 Å². The minimum Gasteiger partial charge on any atom is -0.493 e. The second-order valence-electron chi connectivity index (χ2n) is 5.41. The number of hydrogen-bond acceptors (Lipinski definition) is 3. The van der Waals surface area contributed by atoms with Crippen molar-refractivity contribution in [2.45, 2.75) is 13.3 Å². The van der Waals surface area contributed by atoms with Crippen molar-refractivity contribution in [1.82, 2.24) is 0 Å². The maximum atomic E-state index is 12.8. The molecule has 4 heteroatoms. The van der Waals surface area contributed by atoms with Gasteiger partial charge in [-0.15, -0.1) is 0 Å². The predicted molar refractivity (Wildman–Crippen MR) is 86.1 cm³/mol. The number of rotatable bonds is 3. The molecule has 0 unspecified atom stereocenters. The smallest absolute Gasteiger partial charge is 0.258 e. The van der Waals surface area contributed by atoms with Gasteiger partial charge in [-0.1, -0.05) is 17.7 Å². The van der Waals surface area contributed by atoms with E-state index in [9.17, 15) is 4.79 Å². The van der Waals surface area contributed by atoms with Gasteiger partial charge in [-0.3, -0.25) is 4.79 Å². The van der Waals surface area contributed by atoms with E-state index >= 15 is 0 Å². The van der Waals surface area contributed by atoms with Gasteiger partial charge >= 0.3 is 0 Å². The Labute approximate surface area is 130 Å². The van der Waals surface area contributed by atoms with Gasteiger partial charge < -0.3 is 14.4 Å². The van der Waals surface area contributed by atoms with Crippen LogP contribution in [0.5, 0.6) is 11.5 Å². The zero-order chi connectivity index (χ0) is 15.7. The molecule has 0 aromatic heterocycles. The van der Waals surface area contributed by atoms with E-state index in [-0.39, 0.29) is 5.91 Å². The van der Waals surface area contributed by atoms with Gasteiger partial charge in [0.1, 0.15) is 0 Å². The van der Waals surface area contributed by atoms with Gasteiger partial charge in [0.2, 0.25) is 0 Å². The normalized spacial score (nSPS) is 13.0. The molecule has 0 saturated heterocycles. The fraction of sp³-hybridized carbons (Fsp3) is 0.278. The summed E-state index contributed by atoms with van der Waals surface area (Å²) in [4.78, 5) is 14.6. The monoisotopic (exact) mass is 297 g/mol. The number of anilines is 1. The molecule has 0 bridgehead atoms. The van der Waals surface area contributed by atoms with Crippen molar-refractivity contribution in [3.05, 3.63) is 53.1 Å². The molecule has 0 fully saturated rings. The van der Waals surface area contributed by atoms with Crippen LogP contribution in [0.4, 0.5) is 5.69 Å². The average molecular weight is 297 g/mol. The topological polar surface area (TPSA) is 38.8 Å². The molecular weight excluding hydrogens is 278 g/mol. The molecule has 114 valence electrons. The quantitative estimate of drug-likeness (QED) is 0.873. The first-order valence-corrected chi connectivity index (χ1v) is 7.27. The number of aryl methyl sites for hydroxylation is 1. The minimum atomic E-state index is -0.0106. The van der Waals surface area contributed by atoms with Crippen molar-refractivity contribution in [2.75, 3.05) is 25.7 Å². The van der Waals surface area contributed by atoms with E-state index < -0.39 is 0 Å². The highest BCUT2D eigenvalue weighted by Crippen LogP contribution is 2.32. The maximum absolute atomic E-state index is 12.8. The molecule has 0 aliphatic carbocycles. The number of benzene rings is 2. The zero-order valence-electron chi connectivity index (χ0n) is 13.1. The van der Waals surface area contributed by atoms with Crippen LogP contribution in [0.3, 0.4) is 0 Å². The Balaban J connectivity index is 1.93. The van der Waals surface area contributed by atoms with Crippen LogP contribution in [0.25, 0.3) is 0 Å². The standard InChI is InChI=1S/C18H19NO3/c1-12-4-6-15-13(10-12)8-9-19(15)18(20)14-5-7-16(21-2)17(11-14)22-3/h4-7,10-11H,8-9H2,1-3H3. The fourth-order valence-corrected chi connectivity index (χ4v) is 2.87. The van der Waals surface area contributed by atoms with Crippen LogP contribution in [-0.2, 0) is 6.42 Å².